The van der Waals surface area contributed by atoms with Crippen LogP contribution in [0.25, 0.3) is 11.0 Å². The third-order valence-electron chi connectivity index (χ3n) is 6.69. The molecule has 7 heteroatoms. The lowest BCUT2D eigenvalue weighted by molar-refractivity contribution is -0.0398. The lowest BCUT2D eigenvalue weighted by Crippen LogP contribution is -2.48. The first kappa shape index (κ1) is 17.6. The monoisotopic (exact) mass is 379 g/mol. The molecule has 146 valence electrons. The first-order valence-corrected chi connectivity index (χ1v) is 9.80. The number of benzene rings is 1. The second-order valence-corrected chi connectivity index (χ2v) is 8.17. The van der Waals surface area contributed by atoms with Crippen molar-refractivity contribution in [2.45, 2.75) is 43.6 Å². The molecule has 2 fully saturated rings. The number of aromatic nitrogens is 3. The van der Waals surface area contributed by atoms with Crippen molar-refractivity contribution in [3.63, 3.8) is 0 Å². The summed E-state index contributed by atoms with van der Waals surface area (Å²) >= 11 is 0. The van der Waals surface area contributed by atoms with E-state index in [1.165, 1.54) is 11.9 Å². The van der Waals surface area contributed by atoms with Crippen LogP contribution < -0.4 is 11.1 Å². The van der Waals surface area contributed by atoms with Crippen LogP contribution in [0, 0.1) is 5.41 Å². The van der Waals surface area contributed by atoms with E-state index in [4.69, 9.17) is 5.73 Å². The first-order chi connectivity index (χ1) is 13.6. The van der Waals surface area contributed by atoms with Crippen molar-refractivity contribution in [3.05, 3.63) is 54.5 Å². The Morgan fingerprint density at radius 2 is 1.96 bits per heavy atom. The number of nitrogens with two attached hydrogens (primary N) is 1. The molecule has 5 unspecified atom stereocenters. The molecule has 3 aromatic rings. The van der Waals surface area contributed by atoms with Crippen LogP contribution in [0.5, 0.6) is 0 Å². The van der Waals surface area contributed by atoms with Crippen LogP contribution >= 0.6 is 0 Å². The number of hydrogen-bond acceptors (Lipinski definition) is 6. The molecule has 5 rings (SSSR count). The van der Waals surface area contributed by atoms with Gasteiger partial charge in [-0.2, -0.15) is 0 Å². The van der Waals surface area contributed by atoms with Crippen molar-refractivity contribution >= 4 is 16.9 Å². The van der Waals surface area contributed by atoms with Gasteiger partial charge in [0.05, 0.1) is 17.5 Å². The summed E-state index contributed by atoms with van der Waals surface area (Å²) in [6, 6.07) is 12.3. The minimum absolute atomic E-state index is 0.239. The van der Waals surface area contributed by atoms with Crippen LogP contribution in [0.3, 0.4) is 0 Å². The molecule has 3 heterocycles. The van der Waals surface area contributed by atoms with Gasteiger partial charge in [0.15, 0.2) is 0 Å². The molecule has 1 aromatic carbocycles. The van der Waals surface area contributed by atoms with Gasteiger partial charge in [0.2, 0.25) is 0 Å². The number of nitrogen functional groups attached to an aromatic ring is 1. The quantitative estimate of drug-likeness (QED) is 0.541. The van der Waals surface area contributed by atoms with Gasteiger partial charge in [0.25, 0.3) is 0 Å². The number of rotatable bonds is 2. The van der Waals surface area contributed by atoms with Crippen molar-refractivity contribution in [1.82, 2.24) is 19.9 Å². The SMILES string of the molecule is Nc1ncnc2c1ccn2C1CC2(CCC(c3ccccc3)NC2)C(O)C1O. The molecule has 1 aliphatic heterocycles. The molecule has 0 bridgehead atoms. The van der Waals surface area contributed by atoms with Crippen LogP contribution in [0.2, 0.25) is 0 Å². The molecule has 5 atom stereocenters. The summed E-state index contributed by atoms with van der Waals surface area (Å²) in [6.07, 6.45) is 4.19. The van der Waals surface area contributed by atoms with Crippen LogP contribution in [0.4, 0.5) is 5.82 Å². The summed E-state index contributed by atoms with van der Waals surface area (Å²) in [5.74, 6) is 0.427. The second kappa shape index (κ2) is 6.55. The predicted molar refractivity (Wildman–Crippen MR) is 106 cm³/mol. The Kier molecular flexibility index (Phi) is 4.12. The van der Waals surface area contributed by atoms with Crippen LogP contribution in [-0.4, -0.2) is 43.5 Å². The Labute approximate surface area is 163 Å². The van der Waals surface area contributed by atoms with E-state index in [0.717, 1.165) is 18.2 Å². The van der Waals surface area contributed by atoms with Crippen molar-refractivity contribution in [3.8, 4) is 0 Å². The highest BCUT2D eigenvalue weighted by Crippen LogP contribution is 2.50. The zero-order valence-corrected chi connectivity index (χ0v) is 15.6. The van der Waals surface area contributed by atoms with E-state index in [2.05, 4.69) is 39.6 Å². The third kappa shape index (κ3) is 2.62. The normalized spacial score (nSPS) is 32.9. The molecule has 1 aliphatic carbocycles. The Bertz CT molecular complexity index is 981. The molecule has 2 aromatic heterocycles. The zero-order chi connectivity index (χ0) is 19.3. The molecule has 1 spiro atoms. The summed E-state index contributed by atoms with van der Waals surface area (Å²) < 4.78 is 1.94. The molecule has 5 N–H and O–H groups in total. The number of hydrogen-bond donors (Lipinski definition) is 4. The average Bonchev–Trinajstić information content (AvgIpc) is 3.26. The number of nitrogens with zero attached hydrogens (tertiary/aromatic N) is 3. The van der Waals surface area contributed by atoms with Crippen molar-refractivity contribution in [2.75, 3.05) is 12.3 Å². The molecule has 1 saturated heterocycles. The molecule has 1 saturated carbocycles. The number of anilines is 1. The molecular weight excluding hydrogens is 354 g/mol. The van der Waals surface area contributed by atoms with Gasteiger partial charge in [-0.25, -0.2) is 9.97 Å². The van der Waals surface area contributed by atoms with Gasteiger partial charge in [-0.3, -0.25) is 0 Å². The van der Waals surface area contributed by atoms with E-state index in [-0.39, 0.29) is 17.5 Å². The number of piperidine rings is 1. The molecule has 0 radical (unpaired) electrons. The van der Waals surface area contributed by atoms with E-state index < -0.39 is 12.2 Å². The van der Waals surface area contributed by atoms with Gasteiger partial charge in [-0.05, 0) is 30.9 Å². The smallest absolute Gasteiger partial charge is 0.145 e. The van der Waals surface area contributed by atoms with Crippen molar-refractivity contribution in [2.24, 2.45) is 5.41 Å². The van der Waals surface area contributed by atoms with Gasteiger partial charge in [0.1, 0.15) is 23.9 Å². The largest absolute Gasteiger partial charge is 0.390 e. The average molecular weight is 379 g/mol. The standard InChI is InChI=1S/C21H25N5O2/c22-19-14-7-9-26(20(14)25-12-24-19)16-10-21(18(28)17(16)27)8-6-15(23-11-21)13-4-2-1-3-5-13/h1-5,7,9,12,15-18,23,27-28H,6,8,10-11H2,(H2,22,24,25). The van der Waals surface area contributed by atoms with E-state index in [0.29, 0.717) is 24.4 Å². The molecule has 0 amide bonds. The first-order valence-electron chi connectivity index (χ1n) is 9.80. The fraction of sp³-hybridized carbons (Fsp3) is 0.429. The van der Waals surface area contributed by atoms with Gasteiger partial charge < -0.3 is 25.8 Å². The second-order valence-electron chi connectivity index (χ2n) is 8.17. The number of aliphatic hydroxyl groups excluding tert-OH is 2. The van der Waals surface area contributed by atoms with Crippen LogP contribution in [0.15, 0.2) is 48.9 Å². The van der Waals surface area contributed by atoms with E-state index in [1.54, 1.807) is 0 Å². The van der Waals surface area contributed by atoms with Crippen LogP contribution in [0.1, 0.15) is 36.9 Å². The lowest BCUT2D eigenvalue weighted by atomic mass is 9.74. The molecule has 7 nitrogen and oxygen atoms in total. The van der Waals surface area contributed by atoms with E-state index in [9.17, 15) is 10.2 Å². The third-order valence-corrected chi connectivity index (χ3v) is 6.69. The zero-order valence-electron chi connectivity index (χ0n) is 15.6. The van der Waals surface area contributed by atoms with Crippen molar-refractivity contribution < 1.29 is 10.2 Å². The summed E-state index contributed by atoms with van der Waals surface area (Å²) in [5.41, 5.74) is 7.58. The predicted octanol–water partition coefficient (Wildman–Crippen LogP) is 1.79. The highest BCUT2D eigenvalue weighted by Gasteiger charge is 2.54. The maximum Gasteiger partial charge on any atom is 0.145 e. The Balaban J connectivity index is 1.40. The summed E-state index contributed by atoms with van der Waals surface area (Å²) in [5, 5.41) is 26.2. The Morgan fingerprint density at radius 1 is 1.14 bits per heavy atom. The summed E-state index contributed by atoms with van der Waals surface area (Å²) in [4.78, 5) is 8.39. The maximum atomic E-state index is 11.0. The van der Waals surface area contributed by atoms with E-state index >= 15 is 0 Å². The van der Waals surface area contributed by atoms with Gasteiger partial charge in [-0.15, -0.1) is 0 Å². The van der Waals surface area contributed by atoms with Crippen LogP contribution in [-0.2, 0) is 0 Å². The maximum absolute atomic E-state index is 11.0. The van der Waals surface area contributed by atoms with Gasteiger partial charge >= 0.3 is 0 Å². The number of fused-ring (bicyclic) bond motifs is 1. The Hall–Kier alpha value is -2.48. The van der Waals surface area contributed by atoms with E-state index in [1.807, 2.05) is 22.9 Å². The highest BCUT2D eigenvalue weighted by atomic mass is 16.3. The molecule has 2 aliphatic rings. The molecule has 28 heavy (non-hydrogen) atoms. The lowest BCUT2D eigenvalue weighted by Gasteiger charge is -2.40. The van der Waals surface area contributed by atoms with Crippen molar-refractivity contribution in [1.29, 1.82) is 0 Å². The minimum atomic E-state index is -0.845. The minimum Gasteiger partial charge on any atom is -0.390 e. The summed E-state index contributed by atoms with van der Waals surface area (Å²) in [6.45, 7) is 0.678. The topological polar surface area (TPSA) is 109 Å². The fourth-order valence-corrected chi connectivity index (χ4v) is 5.10. The highest BCUT2D eigenvalue weighted by molar-refractivity contribution is 5.86. The number of nitrogens with one attached hydrogen (secondary N) is 1. The summed E-state index contributed by atoms with van der Waals surface area (Å²) in [7, 11) is 0. The fourth-order valence-electron chi connectivity index (χ4n) is 5.10. The van der Waals surface area contributed by atoms with Gasteiger partial charge in [-0.1, -0.05) is 30.3 Å². The molecular formula is C21H25N5O2. The van der Waals surface area contributed by atoms with Gasteiger partial charge in [0, 0.05) is 24.2 Å². The Morgan fingerprint density at radius 3 is 2.71 bits per heavy atom. The number of aliphatic hydroxyl groups is 2.